The highest BCUT2D eigenvalue weighted by atomic mass is 79.9. The second kappa shape index (κ2) is 4.00. The van der Waals surface area contributed by atoms with Crippen molar-refractivity contribution >= 4 is 33.3 Å². The Balaban J connectivity index is 3.27. The van der Waals surface area contributed by atoms with Crippen LogP contribution in [0.5, 0.6) is 0 Å². The Morgan fingerprint density at radius 3 is 2.50 bits per heavy atom. The number of aliphatic imine (C=N–C) groups is 1. The van der Waals surface area contributed by atoms with Crippen LogP contribution in [0.3, 0.4) is 0 Å². The Bertz CT molecular complexity index is 402. The van der Waals surface area contributed by atoms with Crippen molar-refractivity contribution in [2.45, 2.75) is 20.8 Å². The minimum atomic E-state index is -0.271. The number of ketones is 1. The molecule has 0 unspecified atom stereocenters. The van der Waals surface area contributed by atoms with E-state index >= 15 is 0 Å². The maximum absolute atomic E-state index is 11.3. The lowest BCUT2D eigenvalue weighted by Crippen LogP contribution is -2.14. The van der Waals surface area contributed by atoms with Crippen LogP contribution in [0.1, 0.15) is 20.8 Å². The summed E-state index contributed by atoms with van der Waals surface area (Å²) < 4.78 is 0.609. The van der Waals surface area contributed by atoms with Gasteiger partial charge in [-0.15, -0.1) is 0 Å². The molecule has 0 radical (unpaired) electrons. The van der Waals surface area contributed by atoms with E-state index in [-0.39, 0.29) is 11.7 Å². The molecule has 0 spiro atoms. The van der Waals surface area contributed by atoms with Gasteiger partial charge >= 0.3 is 0 Å². The van der Waals surface area contributed by atoms with E-state index in [2.05, 4.69) is 20.9 Å². The highest BCUT2D eigenvalue weighted by Gasteiger charge is 2.20. The molecule has 0 aliphatic heterocycles. The molecule has 0 fully saturated rings. The predicted molar refractivity (Wildman–Crippen MR) is 58.5 cm³/mol. The van der Waals surface area contributed by atoms with E-state index in [0.29, 0.717) is 21.3 Å². The first-order valence-electron chi connectivity index (χ1n) is 4.12. The maximum atomic E-state index is 11.3. The quantitative estimate of drug-likeness (QED) is 0.623. The molecule has 0 saturated carbocycles. The second-order valence-corrected chi connectivity index (χ2v) is 3.90. The Hall–Kier alpha value is -1.03. The molecule has 4 heteroatoms. The largest absolute Gasteiger partial charge is 0.290 e. The minimum absolute atomic E-state index is 0.0446. The van der Waals surface area contributed by atoms with Crippen molar-refractivity contribution in [2.24, 2.45) is 4.99 Å². The molecule has 1 aliphatic rings. The normalized spacial score (nSPS) is 20.1. The molecular formula is C10H10BrNO2. The number of carbonyl (C=O) groups is 2. The van der Waals surface area contributed by atoms with Gasteiger partial charge in [-0.2, -0.15) is 0 Å². The summed E-state index contributed by atoms with van der Waals surface area (Å²) in [5, 5.41) is 0. The van der Waals surface area contributed by atoms with Gasteiger partial charge in [0.15, 0.2) is 5.78 Å². The van der Waals surface area contributed by atoms with Crippen molar-refractivity contribution in [1.82, 2.24) is 0 Å². The van der Waals surface area contributed by atoms with Crippen molar-refractivity contribution in [3.63, 3.8) is 0 Å². The molecular weight excluding hydrogens is 246 g/mol. The topological polar surface area (TPSA) is 46.5 Å². The summed E-state index contributed by atoms with van der Waals surface area (Å²) in [6.45, 7) is 4.84. The molecule has 0 heterocycles. The summed E-state index contributed by atoms with van der Waals surface area (Å²) in [4.78, 5) is 26.0. The van der Waals surface area contributed by atoms with Crippen LogP contribution in [-0.2, 0) is 9.59 Å². The first kappa shape index (κ1) is 11.0. The minimum Gasteiger partial charge on any atom is -0.290 e. The fraction of sp³-hybridized carbons (Fsp3) is 0.300. The summed E-state index contributed by atoms with van der Waals surface area (Å²) in [5.41, 5.74) is 1.84. The number of amides is 1. The molecule has 0 bridgehead atoms. The van der Waals surface area contributed by atoms with Crippen LogP contribution >= 0.6 is 15.9 Å². The van der Waals surface area contributed by atoms with E-state index in [0.717, 1.165) is 0 Å². The van der Waals surface area contributed by atoms with E-state index in [9.17, 15) is 9.59 Å². The number of rotatable bonds is 0. The first-order valence-corrected chi connectivity index (χ1v) is 4.91. The Morgan fingerprint density at radius 2 is 2.00 bits per heavy atom. The standard InChI is InChI=1S/C10H10BrNO2/c1-5-4-8(14)6(2)9(11)10(5)12-7(3)13/h4H,1-3H3. The van der Waals surface area contributed by atoms with Gasteiger partial charge in [-0.05, 0) is 41.4 Å². The van der Waals surface area contributed by atoms with Gasteiger partial charge in [0.1, 0.15) is 0 Å². The van der Waals surface area contributed by atoms with Crippen molar-refractivity contribution in [3.8, 4) is 0 Å². The smallest absolute Gasteiger partial charge is 0.243 e. The molecule has 3 nitrogen and oxygen atoms in total. The number of halogens is 1. The van der Waals surface area contributed by atoms with Crippen molar-refractivity contribution in [3.05, 3.63) is 21.7 Å². The average Bonchev–Trinajstić information content (AvgIpc) is 2.09. The summed E-state index contributed by atoms with van der Waals surface area (Å²) in [6.07, 6.45) is 1.49. The van der Waals surface area contributed by atoms with Gasteiger partial charge in [0.2, 0.25) is 5.91 Å². The average molecular weight is 256 g/mol. The SMILES string of the molecule is CC(=O)N=C1C(C)=CC(=O)C(C)=C1Br. The molecule has 1 aliphatic carbocycles. The van der Waals surface area contributed by atoms with Crippen LogP contribution < -0.4 is 0 Å². The molecule has 0 aromatic carbocycles. The number of nitrogens with zero attached hydrogens (tertiary/aromatic N) is 1. The first-order chi connectivity index (χ1) is 6.43. The van der Waals surface area contributed by atoms with Crippen molar-refractivity contribution in [2.75, 3.05) is 0 Å². The van der Waals surface area contributed by atoms with Gasteiger partial charge in [-0.1, -0.05) is 0 Å². The van der Waals surface area contributed by atoms with Crippen molar-refractivity contribution in [1.29, 1.82) is 0 Å². The van der Waals surface area contributed by atoms with Gasteiger partial charge in [0.05, 0.1) is 10.2 Å². The highest BCUT2D eigenvalue weighted by Crippen LogP contribution is 2.24. The molecule has 74 valence electrons. The molecule has 0 aromatic rings. The van der Waals surface area contributed by atoms with Crippen molar-refractivity contribution < 1.29 is 9.59 Å². The van der Waals surface area contributed by atoms with Gasteiger partial charge in [-0.25, -0.2) is 4.99 Å². The number of allylic oxidation sites excluding steroid dienone is 4. The number of hydrogen-bond donors (Lipinski definition) is 0. The summed E-state index contributed by atoms with van der Waals surface area (Å²) in [5.74, 6) is -0.316. The van der Waals surface area contributed by atoms with Gasteiger partial charge < -0.3 is 0 Å². The third-order valence-electron chi connectivity index (χ3n) is 1.90. The van der Waals surface area contributed by atoms with Crippen LogP contribution in [0.25, 0.3) is 0 Å². The lowest BCUT2D eigenvalue weighted by molar-refractivity contribution is -0.115. The number of carbonyl (C=O) groups excluding carboxylic acids is 2. The van der Waals surface area contributed by atoms with E-state index in [1.807, 2.05) is 0 Å². The Labute approximate surface area is 90.7 Å². The van der Waals surface area contributed by atoms with E-state index < -0.39 is 0 Å². The monoisotopic (exact) mass is 255 g/mol. The fourth-order valence-corrected chi connectivity index (χ4v) is 1.72. The zero-order chi connectivity index (χ0) is 10.9. The van der Waals surface area contributed by atoms with Crippen LogP contribution in [-0.4, -0.2) is 17.4 Å². The van der Waals surface area contributed by atoms with Gasteiger partial charge in [0.25, 0.3) is 0 Å². The predicted octanol–water partition coefficient (Wildman–Crippen LogP) is 2.17. The van der Waals surface area contributed by atoms with Crippen LogP contribution in [0, 0.1) is 0 Å². The molecule has 1 amide bonds. The third kappa shape index (κ3) is 2.07. The van der Waals surface area contributed by atoms with E-state index in [4.69, 9.17) is 0 Å². The molecule has 0 atom stereocenters. The molecule has 14 heavy (non-hydrogen) atoms. The lowest BCUT2D eigenvalue weighted by Gasteiger charge is -2.13. The molecule has 0 N–H and O–H groups in total. The highest BCUT2D eigenvalue weighted by molar-refractivity contribution is 9.12. The molecule has 1 rings (SSSR count). The van der Waals surface area contributed by atoms with E-state index in [1.165, 1.54) is 13.0 Å². The number of hydrogen-bond acceptors (Lipinski definition) is 2. The van der Waals surface area contributed by atoms with Crippen LogP contribution in [0.4, 0.5) is 0 Å². The molecule has 0 aromatic heterocycles. The zero-order valence-corrected chi connectivity index (χ0v) is 9.81. The molecule has 0 saturated heterocycles. The second-order valence-electron chi connectivity index (χ2n) is 3.11. The maximum Gasteiger partial charge on any atom is 0.243 e. The van der Waals surface area contributed by atoms with Crippen LogP contribution in [0.2, 0.25) is 0 Å². The summed E-state index contributed by atoms with van der Waals surface area (Å²) in [6, 6.07) is 0. The van der Waals surface area contributed by atoms with Gasteiger partial charge in [-0.3, -0.25) is 9.59 Å². The lowest BCUT2D eigenvalue weighted by atomic mass is 9.98. The zero-order valence-electron chi connectivity index (χ0n) is 8.22. The van der Waals surface area contributed by atoms with E-state index in [1.54, 1.807) is 13.8 Å². The fourth-order valence-electron chi connectivity index (χ4n) is 1.13. The summed E-state index contributed by atoms with van der Waals surface area (Å²) in [7, 11) is 0. The van der Waals surface area contributed by atoms with Crippen LogP contribution in [0.15, 0.2) is 26.7 Å². The Kier molecular flexibility index (Phi) is 3.16. The third-order valence-corrected chi connectivity index (χ3v) is 2.87. The Morgan fingerprint density at radius 1 is 1.43 bits per heavy atom. The summed E-state index contributed by atoms with van der Waals surface area (Å²) >= 11 is 3.26. The van der Waals surface area contributed by atoms with Gasteiger partial charge in [0, 0.05) is 12.5 Å².